The Morgan fingerprint density at radius 1 is 0.867 bits per heavy atom. The number of carbonyl (C=O) groups is 1. The number of hydrogen-bond acceptors (Lipinski definition) is 2. The summed E-state index contributed by atoms with van der Waals surface area (Å²) in [6.07, 6.45) is 4.18. The fraction of sp³-hybridized carbons (Fsp3) is 0.154. The zero-order valence-corrected chi connectivity index (χ0v) is 16.8. The minimum Gasteiger partial charge on any atom is -0.481 e. The monoisotopic (exact) mass is 396 g/mol. The van der Waals surface area contributed by atoms with Gasteiger partial charge in [0.15, 0.2) is 0 Å². The van der Waals surface area contributed by atoms with Gasteiger partial charge in [0, 0.05) is 12.6 Å². The molecule has 30 heavy (non-hydrogen) atoms. The number of imidazole rings is 1. The summed E-state index contributed by atoms with van der Waals surface area (Å²) in [5.74, 6) is -1.31. The molecule has 4 heteroatoms. The van der Waals surface area contributed by atoms with E-state index in [0.29, 0.717) is 6.42 Å². The van der Waals surface area contributed by atoms with E-state index in [-0.39, 0.29) is 0 Å². The van der Waals surface area contributed by atoms with Crippen molar-refractivity contribution < 1.29 is 9.90 Å². The number of aliphatic carboxylic acids is 1. The quantitative estimate of drug-likeness (QED) is 0.448. The highest BCUT2D eigenvalue weighted by Crippen LogP contribution is 2.40. The summed E-state index contributed by atoms with van der Waals surface area (Å²) in [6, 6.07) is 31.0. The van der Waals surface area contributed by atoms with Crippen molar-refractivity contribution in [1.29, 1.82) is 0 Å². The second kappa shape index (κ2) is 8.37. The molecule has 0 bridgehead atoms. The van der Waals surface area contributed by atoms with Gasteiger partial charge in [0.25, 0.3) is 0 Å². The van der Waals surface area contributed by atoms with Crippen LogP contribution in [0.4, 0.5) is 0 Å². The van der Waals surface area contributed by atoms with Crippen molar-refractivity contribution in [2.24, 2.45) is 5.92 Å². The Hall–Kier alpha value is -3.66. The van der Waals surface area contributed by atoms with Gasteiger partial charge in [0.1, 0.15) is 5.54 Å². The highest BCUT2D eigenvalue weighted by atomic mass is 16.4. The summed E-state index contributed by atoms with van der Waals surface area (Å²) in [5, 5.41) is 9.31. The summed E-state index contributed by atoms with van der Waals surface area (Å²) < 4.78 is 2.11. The van der Waals surface area contributed by atoms with E-state index in [9.17, 15) is 9.90 Å². The van der Waals surface area contributed by atoms with Crippen LogP contribution in [0.15, 0.2) is 104 Å². The van der Waals surface area contributed by atoms with Gasteiger partial charge in [-0.25, -0.2) is 4.98 Å². The van der Waals surface area contributed by atoms with Crippen molar-refractivity contribution in [3.8, 4) is 0 Å². The first-order valence-corrected chi connectivity index (χ1v) is 10.0. The van der Waals surface area contributed by atoms with E-state index >= 15 is 0 Å². The number of carboxylic acid groups (broad SMARTS) is 1. The molecule has 1 aromatic heterocycles. The Balaban J connectivity index is 1.97. The zero-order valence-electron chi connectivity index (χ0n) is 16.8. The van der Waals surface area contributed by atoms with Gasteiger partial charge >= 0.3 is 5.97 Å². The maximum Gasteiger partial charge on any atom is 0.306 e. The standard InChI is InChI=1S/C26H24N2O2/c1-20(25(29)30)17-24-18-28(19-27-24)26(21-11-5-2-6-12-21,22-13-7-3-8-14-22)23-15-9-4-10-16-23/h2-16,18-20H,17H2,1H3,(H,29,30)/t20-/m0/s1. The summed E-state index contributed by atoms with van der Waals surface area (Å²) in [4.78, 5) is 15.9. The van der Waals surface area contributed by atoms with E-state index in [1.54, 1.807) is 6.92 Å². The van der Waals surface area contributed by atoms with Crippen LogP contribution in [-0.4, -0.2) is 20.6 Å². The molecule has 1 atom stereocenters. The first-order chi connectivity index (χ1) is 14.6. The number of rotatable bonds is 7. The van der Waals surface area contributed by atoms with E-state index in [2.05, 4.69) is 45.9 Å². The van der Waals surface area contributed by atoms with Crippen LogP contribution >= 0.6 is 0 Å². The maximum absolute atomic E-state index is 11.3. The van der Waals surface area contributed by atoms with Gasteiger partial charge in [0.05, 0.1) is 17.9 Å². The summed E-state index contributed by atoms with van der Waals surface area (Å²) in [6.45, 7) is 1.71. The van der Waals surface area contributed by atoms with Crippen molar-refractivity contribution in [2.45, 2.75) is 18.9 Å². The van der Waals surface area contributed by atoms with Gasteiger partial charge in [-0.15, -0.1) is 0 Å². The molecule has 4 nitrogen and oxygen atoms in total. The molecule has 0 aliphatic carbocycles. The largest absolute Gasteiger partial charge is 0.481 e. The lowest BCUT2D eigenvalue weighted by molar-refractivity contribution is -0.141. The van der Waals surface area contributed by atoms with Crippen LogP contribution in [0, 0.1) is 5.92 Å². The van der Waals surface area contributed by atoms with Crippen LogP contribution in [-0.2, 0) is 16.8 Å². The van der Waals surface area contributed by atoms with Gasteiger partial charge in [-0.2, -0.15) is 0 Å². The van der Waals surface area contributed by atoms with Gasteiger partial charge < -0.3 is 9.67 Å². The number of aromatic nitrogens is 2. The molecule has 0 aliphatic rings. The molecule has 0 amide bonds. The van der Waals surface area contributed by atoms with E-state index in [0.717, 1.165) is 22.4 Å². The lowest BCUT2D eigenvalue weighted by Crippen LogP contribution is -2.37. The van der Waals surface area contributed by atoms with Gasteiger partial charge in [-0.1, -0.05) is 97.9 Å². The molecule has 4 rings (SSSR count). The smallest absolute Gasteiger partial charge is 0.306 e. The Bertz CT molecular complexity index is 1010. The Morgan fingerprint density at radius 2 is 1.30 bits per heavy atom. The van der Waals surface area contributed by atoms with Crippen LogP contribution in [0.5, 0.6) is 0 Å². The third-order valence-electron chi connectivity index (χ3n) is 5.53. The molecule has 0 aliphatic heterocycles. The Morgan fingerprint density at radius 3 is 1.70 bits per heavy atom. The third-order valence-corrected chi connectivity index (χ3v) is 5.53. The average molecular weight is 396 g/mol. The number of carboxylic acids is 1. The minimum atomic E-state index is -0.815. The maximum atomic E-state index is 11.3. The lowest BCUT2D eigenvalue weighted by Gasteiger charge is -2.37. The molecular formula is C26H24N2O2. The third kappa shape index (κ3) is 3.52. The highest BCUT2D eigenvalue weighted by molar-refractivity contribution is 5.69. The summed E-state index contributed by atoms with van der Waals surface area (Å²) in [5.41, 5.74) is 3.46. The van der Waals surface area contributed by atoms with E-state index in [1.807, 2.05) is 67.1 Å². The zero-order chi connectivity index (χ0) is 21.0. The minimum absolute atomic E-state index is 0.386. The van der Waals surface area contributed by atoms with Gasteiger partial charge in [0.2, 0.25) is 0 Å². The summed E-state index contributed by atoms with van der Waals surface area (Å²) >= 11 is 0. The molecule has 0 saturated carbocycles. The summed E-state index contributed by atoms with van der Waals surface area (Å²) in [7, 11) is 0. The van der Waals surface area contributed by atoms with Crippen molar-refractivity contribution in [3.05, 3.63) is 126 Å². The molecule has 1 N–H and O–H groups in total. The first-order valence-electron chi connectivity index (χ1n) is 10.0. The Kier molecular flexibility index (Phi) is 5.48. The molecule has 0 unspecified atom stereocenters. The number of nitrogens with zero attached hydrogens (tertiary/aromatic N) is 2. The number of benzene rings is 3. The molecule has 0 radical (unpaired) electrons. The van der Waals surface area contributed by atoms with Crippen LogP contribution in [0.3, 0.4) is 0 Å². The van der Waals surface area contributed by atoms with Gasteiger partial charge in [-0.05, 0) is 16.7 Å². The predicted molar refractivity (Wildman–Crippen MR) is 117 cm³/mol. The Labute approximate surface area is 176 Å². The van der Waals surface area contributed by atoms with Crippen LogP contribution in [0.25, 0.3) is 0 Å². The van der Waals surface area contributed by atoms with E-state index in [1.165, 1.54) is 0 Å². The van der Waals surface area contributed by atoms with Crippen molar-refractivity contribution in [1.82, 2.24) is 9.55 Å². The average Bonchev–Trinajstić information content (AvgIpc) is 3.25. The number of hydrogen-bond donors (Lipinski definition) is 1. The van der Waals surface area contributed by atoms with E-state index < -0.39 is 17.4 Å². The topological polar surface area (TPSA) is 55.1 Å². The second-order valence-electron chi connectivity index (χ2n) is 7.52. The molecule has 1 heterocycles. The van der Waals surface area contributed by atoms with Crippen LogP contribution in [0.1, 0.15) is 29.3 Å². The van der Waals surface area contributed by atoms with Crippen molar-refractivity contribution in [3.63, 3.8) is 0 Å². The normalized spacial score (nSPS) is 12.4. The lowest BCUT2D eigenvalue weighted by atomic mass is 9.77. The SMILES string of the molecule is C[C@@H](Cc1cn(C(c2ccccc2)(c2ccccc2)c2ccccc2)cn1)C(=O)O. The molecule has 0 fully saturated rings. The van der Waals surface area contributed by atoms with Crippen molar-refractivity contribution >= 4 is 5.97 Å². The molecule has 4 aromatic rings. The second-order valence-corrected chi connectivity index (χ2v) is 7.52. The van der Waals surface area contributed by atoms with Crippen LogP contribution in [0.2, 0.25) is 0 Å². The molecule has 0 saturated heterocycles. The van der Waals surface area contributed by atoms with Gasteiger partial charge in [-0.3, -0.25) is 4.79 Å². The molecule has 150 valence electrons. The molecule has 3 aromatic carbocycles. The fourth-order valence-corrected chi connectivity index (χ4v) is 4.04. The molecule has 0 spiro atoms. The highest BCUT2D eigenvalue weighted by Gasteiger charge is 2.38. The predicted octanol–water partition coefficient (Wildman–Crippen LogP) is 4.99. The van der Waals surface area contributed by atoms with Crippen LogP contribution < -0.4 is 0 Å². The fourth-order valence-electron chi connectivity index (χ4n) is 4.04. The first kappa shape index (κ1) is 19.6. The molecular weight excluding hydrogens is 372 g/mol. The van der Waals surface area contributed by atoms with Crippen molar-refractivity contribution in [2.75, 3.05) is 0 Å². The van der Waals surface area contributed by atoms with E-state index in [4.69, 9.17) is 0 Å².